The smallest absolute Gasteiger partial charge is 0.324 e. The Morgan fingerprint density at radius 3 is 2.65 bits per heavy atom. The van der Waals surface area contributed by atoms with Crippen molar-refractivity contribution >= 4 is 22.2 Å². The van der Waals surface area contributed by atoms with Crippen LogP contribution in [0.5, 0.6) is 0 Å². The van der Waals surface area contributed by atoms with Gasteiger partial charge < -0.3 is 10.0 Å². The number of amides is 1. The first-order valence-electron chi connectivity index (χ1n) is 5.13. The van der Waals surface area contributed by atoms with Crippen molar-refractivity contribution in [3.8, 4) is 0 Å². The third-order valence-electron chi connectivity index (χ3n) is 2.21. The average Bonchev–Trinajstić information content (AvgIpc) is 2.73. The fraction of sp³-hybridized carbons (Fsp3) is 0.500. The number of aliphatic hydroxyl groups excluding tert-OH is 1. The fourth-order valence-electron chi connectivity index (χ4n) is 1.38. The summed E-state index contributed by atoms with van der Waals surface area (Å²) in [5, 5.41) is 19.3. The third kappa shape index (κ3) is 3.24. The zero-order chi connectivity index (χ0) is 13.0. The zero-order valence-corrected chi connectivity index (χ0v) is 10.4. The standard InChI is InChI=1S/C10H14N2O4S/c1-7(2)11(5-6-13)10(14)8-3-4-9(17-8)12(15)16/h3-4,7,13H,5-6H2,1-2H3. The van der Waals surface area contributed by atoms with Crippen LogP contribution in [0, 0.1) is 10.1 Å². The van der Waals surface area contributed by atoms with Crippen molar-refractivity contribution in [2.24, 2.45) is 0 Å². The van der Waals surface area contributed by atoms with Crippen LogP contribution >= 0.6 is 11.3 Å². The molecule has 0 bridgehead atoms. The lowest BCUT2D eigenvalue weighted by molar-refractivity contribution is -0.380. The summed E-state index contributed by atoms with van der Waals surface area (Å²) in [6.45, 7) is 3.75. The van der Waals surface area contributed by atoms with Gasteiger partial charge in [-0.1, -0.05) is 11.3 Å². The van der Waals surface area contributed by atoms with Crippen molar-refractivity contribution in [3.05, 3.63) is 27.1 Å². The van der Waals surface area contributed by atoms with Crippen molar-refractivity contribution < 1.29 is 14.8 Å². The molecule has 1 amide bonds. The molecule has 0 radical (unpaired) electrons. The van der Waals surface area contributed by atoms with E-state index < -0.39 is 4.92 Å². The molecule has 1 heterocycles. The molecule has 1 aromatic heterocycles. The number of hydrogen-bond donors (Lipinski definition) is 1. The molecule has 1 rings (SSSR count). The van der Waals surface area contributed by atoms with Crippen molar-refractivity contribution in [3.63, 3.8) is 0 Å². The number of nitrogens with zero attached hydrogens (tertiary/aromatic N) is 2. The molecule has 0 aliphatic heterocycles. The number of nitro groups is 1. The molecule has 0 saturated carbocycles. The second-order valence-electron chi connectivity index (χ2n) is 3.71. The van der Waals surface area contributed by atoms with Crippen LogP contribution in [-0.4, -0.2) is 40.0 Å². The van der Waals surface area contributed by atoms with E-state index in [1.807, 2.05) is 13.8 Å². The molecule has 0 fully saturated rings. The van der Waals surface area contributed by atoms with E-state index in [-0.39, 0.29) is 30.1 Å². The van der Waals surface area contributed by atoms with Gasteiger partial charge in [0.05, 0.1) is 16.4 Å². The summed E-state index contributed by atoms with van der Waals surface area (Å²) in [5.74, 6) is -0.285. The lowest BCUT2D eigenvalue weighted by Gasteiger charge is -2.25. The largest absolute Gasteiger partial charge is 0.395 e. The van der Waals surface area contributed by atoms with E-state index in [9.17, 15) is 14.9 Å². The number of aliphatic hydroxyl groups is 1. The van der Waals surface area contributed by atoms with Crippen LogP contribution in [-0.2, 0) is 0 Å². The van der Waals surface area contributed by atoms with Gasteiger partial charge in [0.2, 0.25) is 0 Å². The van der Waals surface area contributed by atoms with Crippen LogP contribution in [0.1, 0.15) is 23.5 Å². The minimum atomic E-state index is -0.521. The minimum Gasteiger partial charge on any atom is -0.395 e. The topological polar surface area (TPSA) is 83.7 Å². The number of thiophene rings is 1. The quantitative estimate of drug-likeness (QED) is 0.640. The molecule has 94 valence electrons. The first kappa shape index (κ1) is 13.6. The van der Waals surface area contributed by atoms with E-state index >= 15 is 0 Å². The number of carbonyl (C=O) groups is 1. The first-order valence-corrected chi connectivity index (χ1v) is 5.95. The number of hydrogen-bond acceptors (Lipinski definition) is 5. The molecule has 1 aromatic rings. The predicted molar refractivity (Wildman–Crippen MR) is 64.2 cm³/mol. The molecule has 7 heteroatoms. The predicted octanol–water partition coefficient (Wildman–Crippen LogP) is 1.50. The van der Waals surface area contributed by atoms with Gasteiger partial charge in [-0.05, 0) is 19.9 Å². The van der Waals surface area contributed by atoms with Gasteiger partial charge in [0.15, 0.2) is 0 Å². The van der Waals surface area contributed by atoms with Crippen molar-refractivity contribution in [2.75, 3.05) is 13.2 Å². The fourth-order valence-corrected chi connectivity index (χ4v) is 2.16. The summed E-state index contributed by atoms with van der Waals surface area (Å²) >= 11 is 0.849. The maximum atomic E-state index is 12.0. The summed E-state index contributed by atoms with van der Waals surface area (Å²) < 4.78 is 0. The molecular weight excluding hydrogens is 244 g/mol. The highest BCUT2D eigenvalue weighted by atomic mass is 32.1. The third-order valence-corrected chi connectivity index (χ3v) is 3.23. The molecule has 0 atom stereocenters. The summed E-state index contributed by atoms with van der Waals surface area (Å²) in [5.41, 5.74) is 0. The average molecular weight is 258 g/mol. The monoisotopic (exact) mass is 258 g/mol. The molecular formula is C10H14N2O4S. The van der Waals surface area contributed by atoms with Gasteiger partial charge in [0, 0.05) is 18.7 Å². The van der Waals surface area contributed by atoms with Gasteiger partial charge in [0.25, 0.3) is 5.91 Å². The van der Waals surface area contributed by atoms with Crippen LogP contribution in [0.3, 0.4) is 0 Å². The second kappa shape index (κ2) is 5.74. The molecule has 0 aliphatic rings. The van der Waals surface area contributed by atoms with Crippen LogP contribution in [0.4, 0.5) is 5.00 Å². The Bertz CT molecular complexity index is 416. The Hall–Kier alpha value is -1.47. The highest BCUT2D eigenvalue weighted by molar-refractivity contribution is 7.17. The highest BCUT2D eigenvalue weighted by Gasteiger charge is 2.22. The van der Waals surface area contributed by atoms with E-state index in [2.05, 4.69) is 0 Å². The summed E-state index contributed by atoms with van der Waals surface area (Å²) in [7, 11) is 0. The van der Waals surface area contributed by atoms with E-state index in [0.29, 0.717) is 4.88 Å². The Morgan fingerprint density at radius 1 is 1.59 bits per heavy atom. The van der Waals surface area contributed by atoms with Gasteiger partial charge in [-0.15, -0.1) is 0 Å². The van der Waals surface area contributed by atoms with E-state index in [1.54, 1.807) is 0 Å². The minimum absolute atomic E-state index is 0.0546. The zero-order valence-electron chi connectivity index (χ0n) is 9.62. The lowest BCUT2D eigenvalue weighted by Crippen LogP contribution is -2.38. The van der Waals surface area contributed by atoms with Crippen molar-refractivity contribution in [2.45, 2.75) is 19.9 Å². The van der Waals surface area contributed by atoms with Gasteiger partial charge in [-0.25, -0.2) is 0 Å². The van der Waals surface area contributed by atoms with Gasteiger partial charge in [-0.2, -0.15) is 0 Å². The maximum Gasteiger partial charge on any atom is 0.324 e. The Balaban J connectivity index is 2.89. The number of carbonyl (C=O) groups excluding carboxylic acids is 1. The van der Waals surface area contributed by atoms with Crippen LogP contribution in [0.2, 0.25) is 0 Å². The second-order valence-corrected chi connectivity index (χ2v) is 4.77. The van der Waals surface area contributed by atoms with E-state index in [4.69, 9.17) is 5.11 Å². The molecule has 0 spiro atoms. The summed E-state index contributed by atoms with van der Waals surface area (Å²) in [4.78, 5) is 23.8. The molecule has 0 unspecified atom stereocenters. The number of rotatable bonds is 5. The molecule has 17 heavy (non-hydrogen) atoms. The van der Waals surface area contributed by atoms with Gasteiger partial charge >= 0.3 is 5.00 Å². The first-order chi connectivity index (χ1) is 7.97. The maximum absolute atomic E-state index is 12.0. The molecule has 1 N–H and O–H groups in total. The Morgan fingerprint density at radius 2 is 2.24 bits per heavy atom. The normalized spacial score (nSPS) is 10.6. The molecule has 0 aromatic carbocycles. The van der Waals surface area contributed by atoms with Crippen LogP contribution in [0.25, 0.3) is 0 Å². The Kier molecular flexibility index (Phi) is 4.59. The molecule has 0 saturated heterocycles. The van der Waals surface area contributed by atoms with Gasteiger partial charge in [0.1, 0.15) is 0 Å². The summed E-state index contributed by atoms with van der Waals surface area (Å²) in [6, 6.07) is 2.70. The van der Waals surface area contributed by atoms with Crippen LogP contribution < -0.4 is 0 Å². The summed E-state index contributed by atoms with van der Waals surface area (Å²) in [6.07, 6.45) is 0. The Labute approximate surface area is 103 Å². The molecule has 6 nitrogen and oxygen atoms in total. The van der Waals surface area contributed by atoms with Crippen LogP contribution in [0.15, 0.2) is 12.1 Å². The highest BCUT2D eigenvalue weighted by Crippen LogP contribution is 2.25. The SMILES string of the molecule is CC(C)N(CCO)C(=O)c1ccc([N+](=O)[O-])s1. The van der Waals surface area contributed by atoms with Gasteiger partial charge in [-0.3, -0.25) is 14.9 Å². The lowest BCUT2D eigenvalue weighted by atomic mass is 10.3. The van der Waals surface area contributed by atoms with E-state index in [0.717, 1.165) is 11.3 Å². The van der Waals surface area contributed by atoms with Crippen molar-refractivity contribution in [1.29, 1.82) is 0 Å². The van der Waals surface area contributed by atoms with E-state index in [1.165, 1.54) is 17.0 Å². The molecule has 0 aliphatic carbocycles. The van der Waals surface area contributed by atoms with Crippen molar-refractivity contribution in [1.82, 2.24) is 4.90 Å².